The first-order valence-electron chi connectivity index (χ1n) is 5.59. The summed E-state index contributed by atoms with van der Waals surface area (Å²) in [6.45, 7) is 3.36. The van der Waals surface area contributed by atoms with Crippen molar-refractivity contribution in [3.63, 3.8) is 0 Å². The molecular weight excluding hydrogens is 238 g/mol. The van der Waals surface area contributed by atoms with Crippen LogP contribution in [0.15, 0.2) is 18.7 Å². The molecule has 0 aromatic carbocycles. The van der Waals surface area contributed by atoms with Crippen LogP contribution in [0.25, 0.3) is 0 Å². The van der Waals surface area contributed by atoms with Crippen molar-refractivity contribution >= 4 is 18.6 Å². The molecule has 98 valence electrons. The third kappa shape index (κ3) is 7.82. The summed E-state index contributed by atoms with van der Waals surface area (Å²) in [5.41, 5.74) is 4.88. The molecule has 5 nitrogen and oxygen atoms in total. The van der Waals surface area contributed by atoms with Crippen molar-refractivity contribution in [3.8, 4) is 0 Å². The molecule has 1 rings (SSSR count). The maximum absolute atomic E-state index is 9.65. The Kier molecular flexibility index (Phi) is 8.53. The predicted molar refractivity (Wildman–Crippen MR) is 67.4 cm³/mol. The SMILES string of the molecule is CCCCn1cc[n+](C)c1.N[C@@H](CS)C(=O)[O-]. The Morgan fingerprint density at radius 1 is 1.65 bits per heavy atom. The molecule has 0 bridgehead atoms. The molecule has 1 aromatic rings. The van der Waals surface area contributed by atoms with Gasteiger partial charge in [-0.2, -0.15) is 12.6 Å². The number of aliphatic carboxylic acids is 1. The Bertz CT molecular complexity index is 328. The van der Waals surface area contributed by atoms with E-state index in [1.807, 2.05) is 7.05 Å². The van der Waals surface area contributed by atoms with Gasteiger partial charge in [-0.15, -0.1) is 0 Å². The van der Waals surface area contributed by atoms with E-state index in [0.29, 0.717) is 0 Å². The minimum Gasteiger partial charge on any atom is -0.548 e. The Balaban J connectivity index is 0.000000325. The minimum absolute atomic E-state index is 0.127. The smallest absolute Gasteiger partial charge is 0.243 e. The number of aryl methyl sites for hydroxylation is 2. The van der Waals surface area contributed by atoms with Crippen LogP contribution in [0.1, 0.15) is 19.8 Å². The lowest BCUT2D eigenvalue weighted by Gasteiger charge is -2.06. The second-order valence-electron chi connectivity index (χ2n) is 3.78. The van der Waals surface area contributed by atoms with Crippen molar-refractivity contribution < 1.29 is 14.5 Å². The standard InChI is InChI=1S/C8H15N2.C3H7NO2S/c1-3-4-5-10-7-6-9(2)8-10;4-2(1-7)3(5)6/h6-8H,3-5H2,1-2H3;2,7H,1,4H2,(H,5,6)/q+1;/p-1/t;2-/m.0/s1. The molecule has 6 heteroatoms. The lowest BCUT2D eigenvalue weighted by molar-refractivity contribution is -0.671. The van der Waals surface area contributed by atoms with Gasteiger partial charge in [-0.1, -0.05) is 13.3 Å². The molecular formula is C11H21N3O2S. The Labute approximate surface area is 108 Å². The van der Waals surface area contributed by atoms with Gasteiger partial charge in [0.25, 0.3) is 0 Å². The first-order valence-corrected chi connectivity index (χ1v) is 6.22. The van der Waals surface area contributed by atoms with E-state index in [-0.39, 0.29) is 5.75 Å². The van der Waals surface area contributed by atoms with Crippen molar-refractivity contribution in [3.05, 3.63) is 18.7 Å². The van der Waals surface area contributed by atoms with Gasteiger partial charge < -0.3 is 15.6 Å². The number of nitrogens with two attached hydrogens (primary N) is 1. The molecule has 0 aliphatic heterocycles. The van der Waals surface area contributed by atoms with E-state index in [9.17, 15) is 9.90 Å². The number of carboxylic acid groups (broad SMARTS) is 1. The highest BCUT2D eigenvalue weighted by Crippen LogP contribution is 1.91. The van der Waals surface area contributed by atoms with E-state index in [4.69, 9.17) is 5.73 Å². The van der Waals surface area contributed by atoms with Gasteiger partial charge >= 0.3 is 0 Å². The number of rotatable bonds is 5. The monoisotopic (exact) mass is 259 g/mol. The molecule has 17 heavy (non-hydrogen) atoms. The van der Waals surface area contributed by atoms with E-state index in [1.165, 1.54) is 12.8 Å². The molecule has 0 amide bonds. The van der Waals surface area contributed by atoms with Gasteiger partial charge in [-0.25, -0.2) is 9.13 Å². The van der Waals surface area contributed by atoms with E-state index >= 15 is 0 Å². The van der Waals surface area contributed by atoms with Crippen LogP contribution in [0.3, 0.4) is 0 Å². The number of imidazole rings is 1. The fourth-order valence-corrected chi connectivity index (χ4v) is 1.20. The fourth-order valence-electron chi connectivity index (χ4n) is 1.05. The van der Waals surface area contributed by atoms with Gasteiger partial charge in [-0.3, -0.25) is 0 Å². The van der Waals surface area contributed by atoms with E-state index in [0.717, 1.165) is 6.54 Å². The van der Waals surface area contributed by atoms with Crippen LogP contribution < -0.4 is 15.4 Å². The Morgan fingerprint density at radius 3 is 2.59 bits per heavy atom. The van der Waals surface area contributed by atoms with Crippen molar-refractivity contribution in [1.29, 1.82) is 0 Å². The molecule has 2 N–H and O–H groups in total. The van der Waals surface area contributed by atoms with Crippen LogP contribution in [0.5, 0.6) is 0 Å². The van der Waals surface area contributed by atoms with Crippen LogP contribution in [0, 0.1) is 0 Å². The molecule has 1 atom stereocenters. The summed E-state index contributed by atoms with van der Waals surface area (Å²) >= 11 is 3.61. The molecule has 0 unspecified atom stereocenters. The normalized spacial score (nSPS) is 11.5. The quantitative estimate of drug-likeness (QED) is 0.532. The van der Waals surface area contributed by atoms with Crippen LogP contribution in [-0.4, -0.2) is 22.3 Å². The zero-order valence-corrected chi connectivity index (χ0v) is 11.3. The molecule has 0 saturated carbocycles. The second kappa shape index (κ2) is 9.07. The van der Waals surface area contributed by atoms with Gasteiger partial charge in [0.1, 0.15) is 12.4 Å². The fraction of sp³-hybridized carbons (Fsp3) is 0.636. The number of carbonyl (C=O) groups is 1. The van der Waals surface area contributed by atoms with Crippen molar-refractivity contribution in [1.82, 2.24) is 4.57 Å². The molecule has 1 heterocycles. The summed E-state index contributed by atoms with van der Waals surface area (Å²) in [6.07, 6.45) is 8.82. The summed E-state index contributed by atoms with van der Waals surface area (Å²) < 4.78 is 4.28. The van der Waals surface area contributed by atoms with E-state index in [1.54, 1.807) is 0 Å². The first kappa shape index (κ1) is 16.0. The zero-order valence-electron chi connectivity index (χ0n) is 10.4. The van der Waals surface area contributed by atoms with Crippen LogP contribution in [0.2, 0.25) is 0 Å². The van der Waals surface area contributed by atoms with Gasteiger partial charge in [0.15, 0.2) is 0 Å². The van der Waals surface area contributed by atoms with Crippen molar-refractivity contribution in [2.45, 2.75) is 32.4 Å². The number of thiol groups is 1. The minimum atomic E-state index is -1.25. The van der Waals surface area contributed by atoms with Crippen molar-refractivity contribution in [2.24, 2.45) is 12.8 Å². The number of nitrogens with zero attached hydrogens (tertiary/aromatic N) is 2. The van der Waals surface area contributed by atoms with E-state index < -0.39 is 12.0 Å². The van der Waals surface area contributed by atoms with E-state index in [2.05, 4.69) is 47.4 Å². The van der Waals surface area contributed by atoms with Gasteiger partial charge in [0.2, 0.25) is 6.33 Å². The van der Waals surface area contributed by atoms with Crippen LogP contribution >= 0.6 is 12.6 Å². The zero-order chi connectivity index (χ0) is 13.3. The number of carboxylic acids is 1. The summed E-state index contributed by atoms with van der Waals surface area (Å²) in [6, 6.07) is -0.927. The van der Waals surface area contributed by atoms with Crippen LogP contribution in [-0.2, 0) is 18.4 Å². The average molecular weight is 259 g/mol. The number of hydrogen-bond donors (Lipinski definition) is 2. The molecule has 1 aromatic heterocycles. The lowest BCUT2D eigenvalue weighted by atomic mass is 10.3. The maximum atomic E-state index is 9.65. The van der Waals surface area contributed by atoms with Crippen molar-refractivity contribution in [2.75, 3.05) is 5.75 Å². The third-order valence-electron chi connectivity index (χ3n) is 2.09. The highest BCUT2D eigenvalue weighted by atomic mass is 32.1. The predicted octanol–water partition coefficient (Wildman–Crippen LogP) is -0.894. The van der Waals surface area contributed by atoms with Crippen LogP contribution in [0.4, 0.5) is 0 Å². The van der Waals surface area contributed by atoms with Gasteiger partial charge in [0.05, 0.1) is 25.6 Å². The third-order valence-corrected chi connectivity index (χ3v) is 2.49. The molecule has 0 fully saturated rings. The summed E-state index contributed by atoms with van der Waals surface area (Å²) in [5, 5.41) is 9.65. The largest absolute Gasteiger partial charge is 0.548 e. The highest BCUT2D eigenvalue weighted by molar-refractivity contribution is 7.80. The van der Waals surface area contributed by atoms with Gasteiger partial charge in [-0.05, 0) is 6.42 Å². The van der Waals surface area contributed by atoms with Gasteiger partial charge in [0, 0.05) is 5.75 Å². The molecule has 0 aliphatic carbocycles. The Hall–Kier alpha value is -1.01. The second-order valence-corrected chi connectivity index (χ2v) is 4.14. The maximum Gasteiger partial charge on any atom is 0.243 e. The number of aromatic nitrogens is 2. The molecule has 0 radical (unpaired) electrons. The summed E-state index contributed by atoms with van der Waals surface area (Å²) in [4.78, 5) is 9.65. The first-order chi connectivity index (χ1) is 8.01. The Morgan fingerprint density at radius 2 is 2.29 bits per heavy atom. The molecule has 0 aliphatic rings. The lowest BCUT2D eigenvalue weighted by Crippen LogP contribution is -2.42. The number of hydrogen-bond acceptors (Lipinski definition) is 4. The highest BCUT2D eigenvalue weighted by Gasteiger charge is 1.96. The summed E-state index contributed by atoms with van der Waals surface area (Å²) in [7, 11) is 2.04. The number of unbranched alkanes of at least 4 members (excludes halogenated alkanes) is 1. The topological polar surface area (TPSA) is 75.0 Å². The molecule has 0 saturated heterocycles. The molecule has 0 spiro atoms. The number of carbonyl (C=O) groups excluding carboxylic acids is 1. The summed E-state index contributed by atoms with van der Waals surface area (Å²) in [5.74, 6) is -1.13. The average Bonchev–Trinajstić information content (AvgIpc) is 2.72.